The Kier molecular flexibility index (Phi) is 5.08. The lowest BCUT2D eigenvalue weighted by molar-refractivity contribution is 0.0450. The molecule has 5 nitrogen and oxygen atoms in total. The first-order valence-electron chi connectivity index (χ1n) is 6.51. The standard InChI is InChI=1S/C16H14FNO4/c17-13-5-7-14(8-6-13)21-9-10-22-16(20)12-3-1-11(2-4-12)15(18)19/h1-8H,9-10H2,(H2,18,19). The third-order valence-electron chi connectivity index (χ3n) is 2.80. The Morgan fingerprint density at radius 1 is 0.909 bits per heavy atom. The van der Waals surface area contributed by atoms with Crippen LogP contribution in [-0.2, 0) is 4.74 Å². The van der Waals surface area contributed by atoms with Crippen molar-refractivity contribution in [2.24, 2.45) is 5.73 Å². The summed E-state index contributed by atoms with van der Waals surface area (Å²) in [5, 5.41) is 0. The van der Waals surface area contributed by atoms with Crippen molar-refractivity contribution in [3.63, 3.8) is 0 Å². The first-order valence-corrected chi connectivity index (χ1v) is 6.51. The van der Waals surface area contributed by atoms with Gasteiger partial charge in [-0.2, -0.15) is 0 Å². The van der Waals surface area contributed by atoms with Crippen LogP contribution in [0.2, 0.25) is 0 Å². The van der Waals surface area contributed by atoms with E-state index in [1.54, 1.807) is 0 Å². The molecule has 0 atom stereocenters. The van der Waals surface area contributed by atoms with Crippen molar-refractivity contribution in [2.45, 2.75) is 0 Å². The van der Waals surface area contributed by atoms with E-state index in [-0.39, 0.29) is 19.0 Å². The van der Waals surface area contributed by atoms with Gasteiger partial charge in [-0.1, -0.05) is 0 Å². The molecule has 0 heterocycles. The fourth-order valence-corrected chi connectivity index (χ4v) is 1.68. The summed E-state index contributed by atoms with van der Waals surface area (Å²) in [5.74, 6) is -0.951. The average molecular weight is 303 g/mol. The molecular formula is C16H14FNO4. The highest BCUT2D eigenvalue weighted by Crippen LogP contribution is 2.11. The van der Waals surface area contributed by atoms with Crippen molar-refractivity contribution in [1.82, 2.24) is 0 Å². The van der Waals surface area contributed by atoms with E-state index < -0.39 is 11.9 Å². The van der Waals surface area contributed by atoms with Gasteiger partial charge in [0, 0.05) is 5.56 Å². The number of esters is 1. The van der Waals surface area contributed by atoms with Crippen LogP contribution in [0, 0.1) is 5.82 Å². The highest BCUT2D eigenvalue weighted by atomic mass is 19.1. The van der Waals surface area contributed by atoms with Gasteiger partial charge in [0.05, 0.1) is 5.56 Å². The Hall–Kier alpha value is -2.89. The van der Waals surface area contributed by atoms with Crippen molar-refractivity contribution in [3.05, 3.63) is 65.5 Å². The van der Waals surface area contributed by atoms with Gasteiger partial charge in [-0.15, -0.1) is 0 Å². The Morgan fingerprint density at radius 2 is 1.50 bits per heavy atom. The summed E-state index contributed by atoms with van der Waals surface area (Å²) in [6.45, 7) is 0.199. The summed E-state index contributed by atoms with van der Waals surface area (Å²) in [6, 6.07) is 11.4. The minimum Gasteiger partial charge on any atom is -0.490 e. The molecule has 2 rings (SSSR count). The maximum absolute atomic E-state index is 12.7. The molecule has 2 aromatic rings. The van der Waals surface area contributed by atoms with Gasteiger partial charge in [0.25, 0.3) is 0 Å². The lowest BCUT2D eigenvalue weighted by Crippen LogP contribution is -2.13. The van der Waals surface area contributed by atoms with Gasteiger partial charge in [0.15, 0.2) is 0 Å². The largest absolute Gasteiger partial charge is 0.490 e. The van der Waals surface area contributed by atoms with Crippen LogP contribution in [0.1, 0.15) is 20.7 Å². The molecule has 1 amide bonds. The molecule has 6 heteroatoms. The quantitative estimate of drug-likeness (QED) is 0.655. The van der Waals surface area contributed by atoms with Gasteiger partial charge in [0.1, 0.15) is 24.8 Å². The first-order chi connectivity index (χ1) is 10.6. The Bertz CT molecular complexity index is 653. The molecule has 0 aromatic heterocycles. The van der Waals surface area contributed by atoms with E-state index in [1.165, 1.54) is 48.5 Å². The van der Waals surface area contributed by atoms with Crippen molar-refractivity contribution in [3.8, 4) is 5.75 Å². The zero-order valence-electron chi connectivity index (χ0n) is 11.6. The molecule has 0 aliphatic rings. The van der Waals surface area contributed by atoms with E-state index >= 15 is 0 Å². The van der Waals surface area contributed by atoms with Crippen LogP contribution in [0.3, 0.4) is 0 Å². The van der Waals surface area contributed by atoms with Crippen LogP contribution >= 0.6 is 0 Å². The van der Waals surface area contributed by atoms with Gasteiger partial charge < -0.3 is 15.2 Å². The lowest BCUT2D eigenvalue weighted by atomic mass is 10.1. The first kappa shape index (κ1) is 15.5. The molecule has 114 valence electrons. The van der Waals surface area contributed by atoms with Crippen LogP contribution in [0.4, 0.5) is 4.39 Å². The molecule has 0 saturated carbocycles. The molecule has 0 radical (unpaired) electrons. The second-order valence-corrected chi connectivity index (χ2v) is 4.38. The minimum absolute atomic E-state index is 0.0494. The molecule has 22 heavy (non-hydrogen) atoms. The molecule has 0 bridgehead atoms. The van der Waals surface area contributed by atoms with E-state index in [4.69, 9.17) is 15.2 Å². The molecule has 0 fully saturated rings. The number of nitrogens with two attached hydrogens (primary N) is 1. The van der Waals surface area contributed by atoms with E-state index in [2.05, 4.69) is 0 Å². The summed E-state index contributed by atoms with van der Waals surface area (Å²) in [4.78, 5) is 22.7. The van der Waals surface area contributed by atoms with Gasteiger partial charge in [-0.25, -0.2) is 9.18 Å². The molecule has 0 aliphatic carbocycles. The predicted octanol–water partition coefficient (Wildman–Crippen LogP) is 2.16. The van der Waals surface area contributed by atoms with E-state index in [9.17, 15) is 14.0 Å². The van der Waals surface area contributed by atoms with Crippen molar-refractivity contribution in [2.75, 3.05) is 13.2 Å². The number of ether oxygens (including phenoxy) is 2. The zero-order valence-corrected chi connectivity index (χ0v) is 11.6. The molecular weight excluding hydrogens is 289 g/mol. The Labute approximate surface area is 126 Å². The SMILES string of the molecule is NC(=O)c1ccc(C(=O)OCCOc2ccc(F)cc2)cc1. The normalized spacial score (nSPS) is 10.0. The fourth-order valence-electron chi connectivity index (χ4n) is 1.68. The van der Waals surface area contributed by atoms with Crippen molar-refractivity contribution >= 4 is 11.9 Å². The summed E-state index contributed by atoms with van der Waals surface area (Å²) < 4.78 is 23.0. The number of hydrogen-bond donors (Lipinski definition) is 1. The highest BCUT2D eigenvalue weighted by molar-refractivity contribution is 5.95. The number of hydrogen-bond acceptors (Lipinski definition) is 4. The summed E-state index contributed by atoms with van der Waals surface area (Å²) in [7, 11) is 0. The van der Waals surface area contributed by atoms with Gasteiger partial charge >= 0.3 is 5.97 Å². The molecule has 0 unspecified atom stereocenters. The lowest BCUT2D eigenvalue weighted by Gasteiger charge is -2.07. The summed E-state index contributed by atoms with van der Waals surface area (Å²) in [5.41, 5.74) is 5.74. The van der Waals surface area contributed by atoms with Crippen LogP contribution in [0.25, 0.3) is 0 Å². The number of primary amides is 1. The van der Waals surface area contributed by atoms with E-state index in [1.807, 2.05) is 0 Å². The Morgan fingerprint density at radius 3 is 2.09 bits per heavy atom. The van der Waals surface area contributed by atoms with Crippen LogP contribution < -0.4 is 10.5 Å². The highest BCUT2D eigenvalue weighted by Gasteiger charge is 2.08. The van der Waals surface area contributed by atoms with Gasteiger partial charge in [0.2, 0.25) is 5.91 Å². The maximum atomic E-state index is 12.7. The van der Waals surface area contributed by atoms with Crippen LogP contribution in [0.15, 0.2) is 48.5 Å². The average Bonchev–Trinajstić information content (AvgIpc) is 2.53. The van der Waals surface area contributed by atoms with Gasteiger partial charge in [-0.05, 0) is 48.5 Å². The van der Waals surface area contributed by atoms with Crippen LogP contribution in [-0.4, -0.2) is 25.1 Å². The molecule has 0 spiro atoms. The number of halogens is 1. The third kappa shape index (κ3) is 4.31. The summed E-state index contributed by atoms with van der Waals surface area (Å²) >= 11 is 0. The van der Waals surface area contributed by atoms with Crippen molar-refractivity contribution in [1.29, 1.82) is 0 Å². The van der Waals surface area contributed by atoms with E-state index in [0.29, 0.717) is 16.9 Å². The molecule has 0 saturated heterocycles. The smallest absolute Gasteiger partial charge is 0.338 e. The second-order valence-electron chi connectivity index (χ2n) is 4.38. The predicted molar refractivity (Wildman–Crippen MR) is 77.1 cm³/mol. The number of carbonyl (C=O) groups excluding carboxylic acids is 2. The topological polar surface area (TPSA) is 78.6 Å². The number of rotatable bonds is 6. The Balaban J connectivity index is 1.77. The minimum atomic E-state index is -0.562. The molecule has 0 aliphatic heterocycles. The monoisotopic (exact) mass is 303 g/mol. The second kappa shape index (κ2) is 7.21. The summed E-state index contributed by atoms with van der Waals surface area (Å²) in [6.07, 6.45) is 0. The number of amides is 1. The van der Waals surface area contributed by atoms with Gasteiger partial charge in [-0.3, -0.25) is 4.79 Å². The third-order valence-corrected chi connectivity index (χ3v) is 2.80. The number of carbonyl (C=O) groups is 2. The maximum Gasteiger partial charge on any atom is 0.338 e. The number of benzene rings is 2. The molecule has 2 N–H and O–H groups in total. The van der Waals surface area contributed by atoms with E-state index in [0.717, 1.165) is 0 Å². The van der Waals surface area contributed by atoms with Crippen LogP contribution in [0.5, 0.6) is 5.75 Å². The fraction of sp³-hybridized carbons (Fsp3) is 0.125. The molecule has 2 aromatic carbocycles. The van der Waals surface area contributed by atoms with Crippen molar-refractivity contribution < 1.29 is 23.5 Å². The zero-order chi connectivity index (χ0) is 15.9.